The van der Waals surface area contributed by atoms with Crippen LogP contribution in [0.4, 0.5) is 10.1 Å². The van der Waals surface area contributed by atoms with E-state index in [-0.39, 0.29) is 18.2 Å². The molecule has 0 aliphatic rings. The first-order valence-electron chi connectivity index (χ1n) is 5.31. The zero-order valence-corrected chi connectivity index (χ0v) is 9.72. The second kappa shape index (κ2) is 6.06. The average Bonchev–Trinajstić information content (AvgIpc) is 2.28. The van der Waals surface area contributed by atoms with Gasteiger partial charge < -0.3 is 10.4 Å². The fourth-order valence-corrected chi connectivity index (χ4v) is 1.42. The van der Waals surface area contributed by atoms with Gasteiger partial charge in [-0.15, -0.1) is 0 Å². The molecular weight excluding hydrogens is 243 g/mol. The Morgan fingerprint density at radius 2 is 2.28 bits per heavy atom. The van der Waals surface area contributed by atoms with Crippen LogP contribution in [0.25, 0.3) is 0 Å². The highest BCUT2D eigenvalue weighted by atomic mass is 19.1. The van der Waals surface area contributed by atoms with E-state index in [1.54, 1.807) is 6.92 Å². The molecule has 1 atom stereocenters. The summed E-state index contributed by atoms with van der Waals surface area (Å²) in [6.45, 7) is 1.52. The van der Waals surface area contributed by atoms with E-state index in [0.717, 1.165) is 18.2 Å². The summed E-state index contributed by atoms with van der Waals surface area (Å²) in [4.78, 5) is 21.7. The van der Waals surface area contributed by atoms with E-state index in [1.165, 1.54) is 0 Å². The molecule has 0 aliphatic carbocycles. The third-order valence-electron chi connectivity index (χ3n) is 2.34. The van der Waals surface area contributed by atoms with E-state index in [4.69, 9.17) is 5.11 Å². The minimum atomic E-state index is -0.745. The van der Waals surface area contributed by atoms with Crippen LogP contribution in [0, 0.1) is 15.9 Å². The molecule has 18 heavy (non-hydrogen) atoms. The summed E-state index contributed by atoms with van der Waals surface area (Å²) >= 11 is 0. The second-order valence-electron chi connectivity index (χ2n) is 3.81. The van der Waals surface area contributed by atoms with E-state index in [9.17, 15) is 19.3 Å². The van der Waals surface area contributed by atoms with Crippen molar-refractivity contribution >= 4 is 11.6 Å². The van der Waals surface area contributed by atoms with Crippen LogP contribution in [0.3, 0.4) is 0 Å². The number of nitro benzene ring substituents is 1. The van der Waals surface area contributed by atoms with Gasteiger partial charge in [-0.1, -0.05) is 0 Å². The highest BCUT2D eigenvalue weighted by Gasteiger charge is 2.21. The molecule has 0 bridgehead atoms. The standard InChI is InChI=1S/C11H13FN2O4/c1-7(4-5-15)13-11(16)9-6-8(12)2-3-10(9)14(17)18/h2-3,6-7,15H,4-5H2,1H3,(H,13,16). The number of nitrogens with one attached hydrogen (secondary N) is 1. The molecule has 0 heterocycles. The first kappa shape index (κ1) is 14.0. The Balaban J connectivity index is 2.97. The molecular formula is C11H13FN2O4. The van der Waals surface area contributed by atoms with E-state index in [0.29, 0.717) is 6.42 Å². The Morgan fingerprint density at radius 1 is 1.61 bits per heavy atom. The normalized spacial score (nSPS) is 11.9. The molecule has 0 saturated heterocycles. The zero-order valence-electron chi connectivity index (χ0n) is 9.72. The summed E-state index contributed by atoms with van der Waals surface area (Å²) < 4.78 is 13.0. The highest BCUT2D eigenvalue weighted by molar-refractivity contribution is 5.98. The lowest BCUT2D eigenvalue weighted by atomic mass is 10.1. The number of carbonyl (C=O) groups excluding carboxylic acids is 1. The molecule has 7 heteroatoms. The number of halogens is 1. The molecule has 0 radical (unpaired) electrons. The summed E-state index contributed by atoms with van der Waals surface area (Å²) in [6, 6.07) is 2.33. The largest absolute Gasteiger partial charge is 0.396 e. The highest BCUT2D eigenvalue weighted by Crippen LogP contribution is 2.19. The molecule has 1 amide bonds. The van der Waals surface area contributed by atoms with Gasteiger partial charge >= 0.3 is 0 Å². The van der Waals surface area contributed by atoms with Gasteiger partial charge in [0.05, 0.1) is 4.92 Å². The molecule has 1 unspecified atom stereocenters. The van der Waals surface area contributed by atoms with Gasteiger partial charge in [0, 0.05) is 18.7 Å². The van der Waals surface area contributed by atoms with Crippen LogP contribution in [0.5, 0.6) is 0 Å². The Bertz CT molecular complexity index is 464. The number of amides is 1. The third kappa shape index (κ3) is 3.49. The van der Waals surface area contributed by atoms with Crippen molar-refractivity contribution in [2.75, 3.05) is 6.61 Å². The van der Waals surface area contributed by atoms with Gasteiger partial charge in [-0.3, -0.25) is 14.9 Å². The van der Waals surface area contributed by atoms with Gasteiger partial charge in [0.25, 0.3) is 11.6 Å². The maximum absolute atomic E-state index is 13.0. The van der Waals surface area contributed by atoms with Crippen LogP contribution in [0.15, 0.2) is 18.2 Å². The minimum Gasteiger partial charge on any atom is -0.396 e. The molecule has 0 saturated carbocycles. The van der Waals surface area contributed by atoms with Gasteiger partial charge in [0.1, 0.15) is 11.4 Å². The summed E-state index contributed by atoms with van der Waals surface area (Å²) in [6.07, 6.45) is 0.314. The Labute approximate surface area is 103 Å². The molecule has 1 rings (SSSR count). The smallest absolute Gasteiger partial charge is 0.282 e. The molecule has 98 valence electrons. The quantitative estimate of drug-likeness (QED) is 0.612. The Kier molecular flexibility index (Phi) is 4.73. The predicted molar refractivity (Wildman–Crippen MR) is 61.7 cm³/mol. The van der Waals surface area contributed by atoms with Crippen LogP contribution >= 0.6 is 0 Å². The second-order valence-corrected chi connectivity index (χ2v) is 3.81. The molecule has 2 N–H and O–H groups in total. The van der Waals surface area contributed by atoms with Crippen molar-refractivity contribution in [3.05, 3.63) is 39.7 Å². The number of aliphatic hydroxyl groups excluding tert-OH is 1. The van der Waals surface area contributed by atoms with Crippen molar-refractivity contribution < 1.29 is 19.2 Å². The fourth-order valence-electron chi connectivity index (χ4n) is 1.42. The van der Waals surface area contributed by atoms with Gasteiger partial charge in [0.15, 0.2) is 0 Å². The third-order valence-corrected chi connectivity index (χ3v) is 2.34. The van der Waals surface area contributed by atoms with Crippen molar-refractivity contribution in [2.24, 2.45) is 0 Å². The summed E-state index contributed by atoms with van der Waals surface area (Å²) in [5, 5.41) is 21.8. The lowest BCUT2D eigenvalue weighted by molar-refractivity contribution is -0.385. The zero-order chi connectivity index (χ0) is 13.7. The number of hydrogen-bond donors (Lipinski definition) is 2. The van der Waals surface area contributed by atoms with Gasteiger partial charge in [-0.2, -0.15) is 0 Å². The maximum Gasteiger partial charge on any atom is 0.282 e. The predicted octanol–water partition coefficient (Wildman–Crippen LogP) is 1.23. The van der Waals surface area contributed by atoms with E-state index < -0.39 is 22.3 Å². The van der Waals surface area contributed by atoms with Crippen LogP contribution in [-0.2, 0) is 0 Å². The summed E-state index contributed by atoms with van der Waals surface area (Å²) in [5.41, 5.74) is -0.783. The first-order valence-corrected chi connectivity index (χ1v) is 5.31. The molecule has 1 aromatic rings. The summed E-state index contributed by atoms with van der Waals surface area (Å²) in [7, 11) is 0. The average molecular weight is 256 g/mol. The summed E-state index contributed by atoms with van der Waals surface area (Å²) in [5.74, 6) is -1.46. The molecule has 6 nitrogen and oxygen atoms in total. The van der Waals surface area contributed by atoms with Crippen LogP contribution < -0.4 is 5.32 Å². The SMILES string of the molecule is CC(CCO)NC(=O)c1cc(F)ccc1[N+](=O)[O-]. The van der Waals surface area contributed by atoms with E-state index in [2.05, 4.69) is 5.32 Å². The Morgan fingerprint density at radius 3 is 2.83 bits per heavy atom. The Hall–Kier alpha value is -2.02. The molecule has 0 aliphatic heterocycles. The van der Waals surface area contributed by atoms with E-state index in [1.807, 2.05) is 0 Å². The number of aliphatic hydroxyl groups is 1. The monoisotopic (exact) mass is 256 g/mol. The lowest BCUT2D eigenvalue weighted by Gasteiger charge is -2.12. The maximum atomic E-state index is 13.0. The molecule has 0 spiro atoms. The van der Waals surface area contributed by atoms with Crippen molar-refractivity contribution in [1.82, 2.24) is 5.32 Å². The number of hydrogen-bond acceptors (Lipinski definition) is 4. The van der Waals surface area contributed by atoms with Gasteiger partial charge in [-0.25, -0.2) is 4.39 Å². The van der Waals surface area contributed by atoms with Gasteiger partial charge in [-0.05, 0) is 25.5 Å². The topological polar surface area (TPSA) is 92.5 Å². The molecule has 0 fully saturated rings. The number of benzene rings is 1. The van der Waals surface area contributed by atoms with E-state index >= 15 is 0 Å². The number of carbonyl (C=O) groups is 1. The first-order chi connectivity index (χ1) is 8.45. The fraction of sp³-hybridized carbons (Fsp3) is 0.364. The molecule has 0 aromatic heterocycles. The van der Waals surface area contributed by atoms with Crippen LogP contribution in [0.2, 0.25) is 0 Å². The van der Waals surface area contributed by atoms with Crippen molar-refractivity contribution in [3.8, 4) is 0 Å². The number of nitrogens with zero attached hydrogens (tertiary/aromatic N) is 1. The van der Waals surface area contributed by atoms with Crippen molar-refractivity contribution in [1.29, 1.82) is 0 Å². The minimum absolute atomic E-state index is 0.118. The number of nitro groups is 1. The van der Waals surface area contributed by atoms with Crippen LogP contribution in [0.1, 0.15) is 23.7 Å². The van der Waals surface area contributed by atoms with Crippen LogP contribution in [-0.4, -0.2) is 28.6 Å². The number of rotatable bonds is 5. The van der Waals surface area contributed by atoms with Gasteiger partial charge in [0.2, 0.25) is 0 Å². The van der Waals surface area contributed by atoms with Crippen molar-refractivity contribution in [2.45, 2.75) is 19.4 Å². The molecule has 1 aromatic carbocycles. The lowest BCUT2D eigenvalue weighted by Crippen LogP contribution is -2.33. The van der Waals surface area contributed by atoms with Crippen molar-refractivity contribution in [3.63, 3.8) is 0 Å².